The summed E-state index contributed by atoms with van der Waals surface area (Å²) in [4.78, 5) is 4.43. The second-order valence-corrected chi connectivity index (χ2v) is 6.05. The largest absolute Gasteiger partial charge is 0.437 e. The molecule has 0 spiro atoms. The molecular formula is C17H19ClN2O. The third-order valence-electron chi connectivity index (χ3n) is 3.46. The van der Waals surface area contributed by atoms with Crippen molar-refractivity contribution in [2.24, 2.45) is 0 Å². The fourth-order valence-electron chi connectivity index (χ4n) is 2.21. The molecule has 1 aromatic carbocycles. The topological polar surface area (TPSA) is 34.1 Å². The molecule has 2 aromatic rings. The van der Waals surface area contributed by atoms with Crippen molar-refractivity contribution in [2.75, 3.05) is 0 Å². The van der Waals surface area contributed by atoms with E-state index in [4.69, 9.17) is 16.3 Å². The van der Waals surface area contributed by atoms with Crippen molar-refractivity contribution in [3.8, 4) is 11.6 Å². The molecule has 1 N–H and O–H groups in total. The van der Waals surface area contributed by atoms with Gasteiger partial charge >= 0.3 is 0 Å². The molecule has 4 heteroatoms. The van der Waals surface area contributed by atoms with E-state index in [1.807, 2.05) is 38.1 Å². The molecular weight excluding hydrogens is 284 g/mol. The van der Waals surface area contributed by atoms with Gasteiger partial charge in [-0.1, -0.05) is 17.7 Å². The van der Waals surface area contributed by atoms with E-state index >= 15 is 0 Å². The highest BCUT2D eigenvalue weighted by Gasteiger charge is 2.20. The fourth-order valence-corrected chi connectivity index (χ4v) is 2.49. The molecule has 0 saturated heterocycles. The van der Waals surface area contributed by atoms with Crippen LogP contribution in [0.4, 0.5) is 0 Å². The molecule has 1 aliphatic rings. The molecule has 1 aromatic heterocycles. The quantitative estimate of drug-likeness (QED) is 0.889. The third kappa shape index (κ3) is 3.96. The Bertz CT molecular complexity index is 653. The van der Waals surface area contributed by atoms with Gasteiger partial charge < -0.3 is 10.1 Å². The minimum Gasteiger partial charge on any atom is -0.437 e. The van der Waals surface area contributed by atoms with Crippen molar-refractivity contribution in [3.63, 3.8) is 0 Å². The van der Waals surface area contributed by atoms with E-state index in [1.165, 1.54) is 18.4 Å². The van der Waals surface area contributed by atoms with Gasteiger partial charge in [0.25, 0.3) is 0 Å². The van der Waals surface area contributed by atoms with Gasteiger partial charge in [-0.15, -0.1) is 0 Å². The number of ether oxygens (including phenoxy) is 1. The van der Waals surface area contributed by atoms with Crippen molar-refractivity contribution in [1.82, 2.24) is 10.3 Å². The highest BCUT2D eigenvalue weighted by atomic mass is 35.5. The molecule has 3 nitrogen and oxygen atoms in total. The molecule has 0 amide bonds. The first-order valence-electron chi connectivity index (χ1n) is 7.25. The maximum Gasteiger partial charge on any atom is 0.219 e. The lowest BCUT2D eigenvalue weighted by molar-refractivity contribution is 0.460. The fraction of sp³-hybridized carbons (Fsp3) is 0.353. The van der Waals surface area contributed by atoms with E-state index in [1.54, 1.807) is 0 Å². The van der Waals surface area contributed by atoms with Crippen molar-refractivity contribution >= 4 is 11.6 Å². The summed E-state index contributed by atoms with van der Waals surface area (Å²) in [6.07, 6.45) is 2.57. The molecule has 1 heterocycles. The lowest BCUT2D eigenvalue weighted by atomic mass is 10.2. The number of nitrogens with one attached hydrogen (secondary N) is 1. The Balaban J connectivity index is 1.77. The number of aromatic nitrogens is 1. The van der Waals surface area contributed by atoms with Gasteiger partial charge in [-0.25, -0.2) is 4.98 Å². The molecule has 0 atom stereocenters. The van der Waals surface area contributed by atoms with Gasteiger partial charge in [0.05, 0.1) is 5.02 Å². The number of rotatable bonds is 5. The number of halogens is 1. The Morgan fingerprint density at radius 2 is 2.05 bits per heavy atom. The predicted octanol–water partition coefficient (Wildman–Crippen LogP) is 4.40. The Morgan fingerprint density at radius 3 is 2.76 bits per heavy atom. The van der Waals surface area contributed by atoms with Crippen LogP contribution < -0.4 is 10.1 Å². The summed E-state index contributed by atoms with van der Waals surface area (Å²) in [5, 5.41) is 4.11. The Hall–Kier alpha value is -1.58. The average molecular weight is 303 g/mol. The summed E-state index contributed by atoms with van der Waals surface area (Å²) in [5.41, 5.74) is 3.25. The number of hydrogen-bond donors (Lipinski definition) is 1. The first-order chi connectivity index (χ1) is 10.1. The van der Waals surface area contributed by atoms with E-state index in [9.17, 15) is 0 Å². The summed E-state index contributed by atoms with van der Waals surface area (Å²) in [6, 6.07) is 10.5. The van der Waals surface area contributed by atoms with Gasteiger partial charge in [-0.2, -0.15) is 0 Å². The first kappa shape index (κ1) is 14.4. The summed E-state index contributed by atoms with van der Waals surface area (Å²) < 4.78 is 5.84. The van der Waals surface area contributed by atoms with Crippen LogP contribution in [-0.2, 0) is 6.54 Å². The highest BCUT2D eigenvalue weighted by molar-refractivity contribution is 6.32. The molecule has 110 valence electrons. The van der Waals surface area contributed by atoms with Gasteiger partial charge in [0, 0.05) is 24.3 Å². The number of benzene rings is 1. The van der Waals surface area contributed by atoms with E-state index in [0.29, 0.717) is 22.7 Å². The van der Waals surface area contributed by atoms with Crippen LogP contribution in [-0.4, -0.2) is 11.0 Å². The Morgan fingerprint density at radius 1 is 1.24 bits per heavy atom. The molecule has 0 radical (unpaired) electrons. The van der Waals surface area contributed by atoms with Crippen molar-refractivity contribution in [1.29, 1.82) is 0 Å². The zero-order valence-electron chi connectivity index (χ0n) is 12.3. The second-order valence-electron chi connectivity index (χ2n) is 5.65. The number of pyridine rings is 1. The molecule has 1 aliphatic carbocycles. The lowest BCUT2D eigenvalue weighted by Gasteiger charge is -2.10. The van der Waals surface area contributed by atoms with Crippen LogP contribution in [0.1, 0.15) is 29.7 Å². The van der Waals surface area contributed by atoms with Crippen LogP contribution in [0.3, 0.4) is 0 Å². The minimum atomic E-state index is 0.591. The highest BCUT2D eigenvalue weighted by Crippen LogP contribution is 2.29. The van der Waals surface area contributed by atoms with Crippen LogP contribution in [0.2, 0.25) is 5.02 Å². The monoisotopic (exact) mass is 302 g/mol. The van der Waals surface area contributed by atoms with E-state index < -0.39 is 0 Å². The summed E-state index contributed by atoms with van der Waals surface area (Å²) >= 11 is 6.20. The summed E-state index contributed by atoms with van der Waals surface area (Å²) in [5.74, 6) is 1.23. The zero-order chi connectivity index (χ0) is 14.8. The first-order valence-corrected chi connectivity index (χ1v) is 7.63. The van der Waals surface area contributed by atoms with Crippen molar-refractivity contribution in [3.05, 3.63) is 52.2 Å². The molecule has 0 unspecified atom stereocenters. The number of aryl methyl sites for hydroxylation is 2. The molecule has 21 heavy (non-hydrogen) atoms. The minimum absolute atomic E-state index is 0.591. The Kier molecular flexibility index (Phi) is 4.13. The maximum absolute atomic E-state index is 6.20. The molecule has 1 fully saturated rings. The molecule has 0 aliphatic heterocycles. The molecule has 0 bridgehead atoms. The van der Waals surface area contributed by atoms with E-state index in [0.717, 1.165) is 17.8 Å². The van der Waals surface area contributed by atoms with Crippen LogP contribution in [0, 0.1) is 13.8 Å². The Labute approximate surface area is 130 Å². The molecule has 1 saturated carbocycles. The van der Waals surface area contributed by atoms with Gasteiger partial charge in [-0.05, 0) is 56.0 Å². The van der Waals surface area contributed by atoms with Crippen molar-refractivity contribution in [2.45, 2.75) is 39.3 Å². The van der Waals surface area contributed by atoms with Gasteiger partial charge in [0.15, 0.2) is 0 Å². The smallest absolute Gasteiger partial charge is 0.219 e. The normalized spacial score (nSPS) is 14.2. The zero-order valence-corrected chi connectivity index (χ0v) is 13.1. The van der Waals surface area contributed by atoms with Crippen LogP contribution in [0.5, 0.6) is 11.6 Å². The number of hydrogen-bond acceptors (Lipinski definition) is 3. The lowest BCUT2D eigenvalue weighted by Crippen LogP contribution is -2.15. The molecule has 3 rings (SSSR count). The summed E-state index contributed by atoms with van der Waals surface area (Å²) in [7, 11) is 0. The predicted molar refractivity (Wildman–Crippen MR) is 85.1 cm³/mol. The second kappa shape index (κ2) is 6.04. The van der Waals surface area contributed by atoms with E-state index in [2.05, 4.69) is 16.4 Å². The maximum atomic E-state index is 6.20. The van der Waals surface area contributed by atoms with Crippen LogP contribution in [0.25, 0.3) is 0 Å². The SMILES string of the molecule is Cc1ccc(Oc2cc(CNC3CC3)cc(C)n2)c(Cl)c1. The van der Waals surface area contributed by atoms with Crippen molar-refractivity contribution < 1.29 is 4.74 Å². The van der Waals surface area contributed by atoms with Crippen LogP contribution >= 0.6 is 11.6 Å². The summed E-state index contributed by atoms with van der Waals surface area (Å²) in [6.45, 7) is 4.83. The van der Waals surface area contributed by atoms with Gasteiger partial charge in [0.1, 0.15) is 5.75 Å². The van der Waals surface area contributed by atoms with Gasteiger partial charge in [-0.3, -0.25) is 0 Å². The standard InChI is InChI=1S/C17H19ClN2O/c1-11-3-6-16(15(18)7-11)21-17-9-13(8-12(2)20-17)10-19-14-4-5-14/h3,6-9,14,19H,4-5,10H2,1-2H3. The van der Waals surface area contributed by atoms with Crippen LogP contribution in [0.15, 0.2) is 30.3 Å². The number of nitrogens with zero attached hydrogens (tertiary/aromatic N) is 1. The van der Waals surface area contributed by atoms with E-state index in [-0.39, 0.29) is 0 Å². The van der Waals surface area contributed by atoms with Gasteiger partial charge in [0.2, 0.25) is 5.88 Å². The third-order valence-corrected chi connectivity index (χ3v) is 3.76. The average Bonchev–Trinajstić information content (AvgIpc) is 3.23.